The van der Waals surface area contributed by atoms with E-state index >= 15 is 4.39 Å². The molecule has 0 aromatic carbocycles. The largest absolute Gasteiger partial charge is 0.394 e. The van der Waals surface area contributed by atoms with E-state index in [4.69, 9.17) is 41.8 Å². The van der Waals surface area contributed by atoms with Crippen molar-refractivity contribution in [3.63, 3.8) is 0 Å². The van der Waals surface area contributed by atoms with Gasteiger partial charge in [-0.05, 0) is 11.8 Å². The first kappa shape index (κ1) is 28.6. The van der Waals surface area contributed by atoms with E-state index in [1.54, 1.807) is 0 Å². The van der Waals surface area contributed by atoms with Crippen molar-refractivity contribution in [3.05, 3.63) is 28.7 Å². The number of aromatic amines is 1. The third kappa shape index (κ3) is 5.29. The molecule has 0 bridgehead atoms. The molecule has 2 fully saturated rings. The Labute approximate surface area is 240 Å². The summed E-state index contributed by atoms with van der Waals surface area (Å²) >= 11 is 9.90. The topological polar surface area (TPSA) is 235 Å². The number of nitrogens with zero attached hydrogens (tertiary/aromatic N) is 6. The van der Waals surface area contributed by atoms with Gasteiger partial charge in [0.2, 0.25) is 11.6 Å². The lowest BCUT2D eigenvalue weighted by molar-refractivity contribution is -0.0504. The first-order valence-electron chi connectivity index (χ1n) is 12.3. The summed E-state index contributed by atoms with van der Waals surface area (Å²) in [5.74, 6) is 0.274. The molecule has 0 radical (unpaired) electrons. The maximum absolute atomic E-state index is 15.2. The van der Waals surface area contributed by atoms with Crippen molar-refractivity contribution in [3.8, 4) is 0 Å². The van der Waals surface area contributed by atoms with Crippen LogP contribution in [0.15, 0.2) is 22.4 Å². The number of imidazole rings is 2. The minimum Gasteiger partial charge on any atom is -0.394 e. The molecule has 2 unspecified atom stereocenters. The molecule has 222 valence electrons. The van der Waals surface area contributed by atoms with E-state index in [0.717, 1.165) is 0 Å². The van der Waals surface area contributed by atoms with Crippen LogP contribution in [0, 0.1) is 0 Å². The van der Waals surface area contributed by atoms with Gasteiger partial charge in [-0.1, -0.05) is 12.2 Å². The van der Waals surface area contributed by atoms with Gasteiger partial charge in [0.15, 0.2) is 29.8 Å². The van der Waals surface area contributed by atoms with E-state index < -0.39 is 60.5 Å². The van der Waals surface area contributed by atoms with Crippen LogP contribution in [0.2, 0.25) is 0 Å². The maximum atomic E-state index is 15.2. The number of anilines is 2. The predicted octanol–water partition coefficient (Wildman–Crippen LogP) is -0.558. The number of aliphatic hydroxyl groups is 2. The van der Waals surface area contributed by atoms with Gasteiger partial charge >= 0.3 is 0 Å². The quantitative estimate of drug-likeness (QED) is 0.122. The Morgan fingerprint density at radius 2 is 2.07 bits per heavy atom. The second kappa shape index (κ2) is 11.0. The number of nitrogens with one attached hydrogen (secondary N) is 2. The summed E-state index contributed by atoms with van der Waals surface area (Å²) < 4.78 is 41.5. The molecule has 41 heavy (non-hydrogen) atoms. The average molecular weight is 633 g/mol. The molecular weight excluding hydrogens is 606 g/mol. The number of thiol groups is 1. The summed E-state index contributed by atoms with van der Waals surface area (Å²) in [4.78, 5) is 31.0. The number of halogens is 1. The lowest BCUT2D eigenvalue weighted by Gasteiger charge is -2.26. The van der Waals surface area contributed by atoms with Gasteiger partial charge in [0, 0.05) is 6.42 Å². The molecule has 2 saturated heterocycles. The number of nitrogens with two attached hydrogens (primary N) is 2. The number of aliphatic hydroxyl groups excluding tert-OH is 2. The highest BCUT2D eigenvalue weighted by atomic mass is 32.9. The molecule has 0 saturated carbocycles. The number of hydrogen-bond acceptors (Lipinski definition) is 15. The number of aromatic nitrogens is 6. The van der Waals surface area contributed by atoms with Gasteiger partial charge in [-0.25, -0.2) is 14.4 Å². The number of fused-ring (bicyclic) bond motifs is 2. The highest BCUT2D eigenvalue weighted by Crippen LogP contribution is 2.57. The Kier molecular flexibility index (Phi) is 7.64. The number of rotatable bonds is 8. The maximum Gasteiger partial charge on any atom is 0.280 e. The number of ether oxygens (including phenoxy) is 2. The molecule has 21 heteroatoms. The summed E-state index contributed by atoms with van der Waals surface area (Å²) in [7, 11) is 0. The normalized spacial score (nSPS) is 32.7. The number of nitrogen functional groups attached to an aromatic ring is 1. The van der Waals surface area contributed by atoms with E-state index in [-0.39, 0.29) is 36.7 Å². The Morgan fingerprint density at radius 3 is 2.85 bits per heavy atom. The molecule has 3 aliphatic rings. The Morgan fingerprint density at radius 1 is 1.29 bits per heavy atom. The fourth-order valence-corrected chi connectivity index (χ4v) is 6.93. The number of alkyl halides is 1. The molecule has 6 heterocycles. The SMILES string of the molecule is Nc1nc2c(ncn2[C@@H]2O[C@H](CO)C[C@H]2OP(=S)(S)OC[C@H]2O[C@@H](n3cnc4c3NC=NC4N)[C@@H](F)[C@@H]2O)c(=O)[nH]1. The molecule has 3 aliphatic heterocycles. The van der Waals surface area contributed by atoms with Gasteiger partial charge in [-0.15, -0.1) is 0 Å². The van der Waals surface area contributed by atoms with E-state index in [2.05, 4.69) is 42.5 Å². The van der Waals surface area contributed by atoms with Crippen molar-refractivity contribution in [1.82, 2.24) is 29.1 Å². The van der Waals surface area contributed by atoms with Gasteiger partial charge in [-0.2, -0.15) is 4.98 Å². The van der Waals surface area contributed by atoms with Crippen LogP contribution >= 0.6 is 17.9 Å². The zero-order valence-electron chi connectivity index (χ0n) is 20.9. The lowest BCUT2D eigenvalue weighted by atomic mass is 10.1. The van der Waals surface area contributed by atoms with Crippen molar-refractivity contribution in [2.75, 3.05) is 24.3 Å². The molecule has 8 N–H and O–H groups in total. The second-order valence-electron chi connectivity index (χ2n) is 9.50. The van der Waals surface area contributed by atoms with Gasteiger partial charge in [0.25, 0.3) is 5.56 Å². The van der Waals surface area contributed by atoms with Crippen LogP contribution in [-0.2, 0) is 30.3 Å². The molecule has 0 spiro atoms. The van der Waals surface area contributed by atoms with E-state index in [1.807, 2.05) is 0 Å². The minimum atomic E-state index is -3.36. The average Bonchev–Trinajstić information content (AvgIpc) is 3.69. The lowest BCUT2D eigenvalue weighted by Crippen LogP contribution is -2.31. The van der Waals surface area contributed by atoms with Crippen LogP contribution in [0.5, 0.6) is 0 Å². The molecule has 3 aromatic heterocycles. The standard InChI is InChI=1S/C20H26FN10O7PS2/c21-10-13(33)9(37-19(10)30-5-26-11-14(22)24-4-25-15(11)30)3-35-39(40,41)38-8-1-7(2-32)36-18(8)31-6-27-12-16(31)28-20(23)29-17(12)34/h4-10,13-14,18-19,32-33H,1-3,22H2,(H,24,25)(H,40,41)(H3,23,28,29,34)/t7-,8+,9+,10-,13+,14?,18+,19+/m0/s1. The highest BCUT2D eigenvalue weighted by molar-refractivity contribution is 8.60. The zero-order chi connectivity index (χ0) is 29.1. The van der Waals surface area contributed by atoms with Crippen LogP contribution < -0.4 is 22.3 Å². The molecule has 9 atom stereocenters. The van der Waals surface area contributed by atoms with Gasteiger partial charge in [0.1, 0.15) is 36.0 Å². The van der Waals surface area contributed by atoms with Crippen LogP contribution in [-0.4, -0.2) is 89.4 Å². The van der Waals surface area contributed by atoms with Crippen LogP contribution in [0.1, 0.15) is 30.7 Å². The van der Waals surface area contributed by atoms with Crippen molar-refractivity contribution < 1.29 is 33.1 Å². The first-order valence-corrected chi connectivity index (χ1v) is 16.1. The van der Waals surface area contributed by atoms with Crippen LogP contribution in [0.4, 0.5) is 16.2 Å². The number of aliphatic imine (C=N–C) groups is 1. The Hall–Kier alpha value is -2.52. The van der Waals surface area contributed by atoms with E-state index in [9.17, 15) is 15.0 Å². The molecular formula is C20H26FN10O7PS2. The van der Waals surface area contributed by atoms with Crippen LogP contribution in [0.3, 0.4) is 0 Å². The summed E-state index contributed by atoms with van der Waals surface area (Å²) in [6, 6.07) is 0. The summed E-state index contributed by atoms with van der Waals surface area (Å²) in [5.41, 5.74) is 8.28. The van der Waals surface area contributed by atoms with Crippen LogP contribution in [0.25, 0.3) is 11.2 Å². The minimum absolute atomic E-state index is 0.0295. The van der Waals surface area contributed by atoms with Gasteiger partial charge in [0.05, 0.1) is 38.3 Å². The molecule has 6 rings (SSSR count). The van der Waals surface area contributed by atoms with Crippen molar-refractivity contribution in [1.29, 1.82) is 0 Å². The fraction of sp³-hybridized carbons (Fsp3) is 0.550. The number of H-pyrrole nitrogens is 1. The monoisotopic (exact) mass is 632 g/mol. The Bertz CT molecular complexity index is 1590. The molecule has 3 aromatic rings. The summed E-state index contributed by atoms with van der Waals surface area (Å²) in [5, 5.41) is 23.2. The summed E-state index contributed by atoms with van der Waals surface area (Å²) in [6.45, 7) is -0.659. The third-order valence-corrected chi connectivity index (χ3v) is 9.07. The molecule has 17 nitrogen and oxygen atoms in total. The second-order valence-corrected chi connectivity index (χ2v) is 14.7. The van der Waals surface area contributed by atoms with Gasteiger partial charge < -0.3 is 45.5 Å². The third-order valence-electron chi connectivity index (χ3n) is 6.85. The molecule has 0 aliphatic carbocycles. The fourth-order valence-electron chi connectivity index (χ4n) is 4.92. The van der Waals surface area contributed by atoms with Crippen molar-refractivity contribution in [2.45, 2.75) is 55.6 Å². The zero-order valence-corrected chi connectivity index (χ0v) is 23.5. The summed E-state index contributed by atoms with van der Waals surface area (Å²) in [6.07, 6.45) is -4.54. The number of hydrogen-bond donors (Lipinski definition) is 7. The predicted molar refractivity (Wildman–Crippen MR) is 148 cm³/mol. The van der Waals surface area contributed by atoms with Gasteiger partial charge in [-0.3, -0.25) is 23.9 Å². The Balaban J connectivity index is 1.15. The smallest absolute Gasteiger partial charge is 0.280 e. The van der Waals surface area contributed by atoms with Crippen molar-refractivity contribution >= 4 is 59.0 Å². The molecule has 0 amide bonds. The van der Waals surface area contributed by atoms with E-state index in [0.29, 0.717) is 11.5 Å². The first-order chi connectivity index (χ1) is 19.6. The van der Waals surface area contributed by atoms with Crippen molar-refractivity contribution in [2.24, 2.45) is 10.7 Å². The van der Waals surface area contributed by atoms with E-state index in [1.165, 1.54) is 28.1 Å². The highest BCUT2D eigenvalue weighted by Gasteiger charge is 2.47.